The molecular weight excluding hydrogens is 175 g/mol. The van der Waals surface area contributed by atoms with Crippen molar-refractivity contribution in [3.63, 3.8) is 0 Å². The molecule has 0 saturated heterocycles. The van der Waals surface area contributed by atoms with E-state index >= 15 is 0 Å². The molecule has 6 heteroatoms. The molecule has 48 valence electrons. The zero-order valence-corrected chi connectivity index (χ0v) is 8.45. The van der Waals surface area contributed by atoms with Crippen LogP contribution in [0.3, 0.4) is 0 Å². The van der Waals surface area contributed by atoms with Gasteiger partial charge in [-0.1, -0.05) is 6.08 Å². The van der Waals surface area contributed by atoms with E-state index in [0.717, 1.165) is 6.08 Å². The Morgan fingerprint density at radius 1 is 1.67 bits per heavy atom. The van der Waals surface area contributed by atoms with Gasteiger partial charge in [-0.15, -0.1) is 18.2 Å². The molecule has 0 aromatic carbocycles. The Morgan fingerprint density at radius 3 is 2.00 bits per heavy atom. The summed E-state index contributed by atoms with van der Waals surface area (Å²) in [6.45, 7) is 3.02. The van der Waals surface area contributed by atoms with Gasteiger partial charge in [0.25, 0.3) is 0 Å². The molecule has 0 rings (SSSR count). The van der Waals surface area contributed by atoms with Gasteiger partial charge in [0.2, 0.25) is 0 Å². The minimum Gasteiger partial charge on any atom is -0.747 e. The Kier molecular flexibility index (Phi) is 6.59. The van der Waals surface area contributed by atoms with E-state index in [1.54, 1.807) is 0 Å². The summed E-state index contributed by atoms with van der Waals surface area (Å²) in [7, 11) is -4.36. The average molecular weight is 179 g/mol. The molecular formula is C3H4ClNaO3S. The quantitative estimate of drug-likeness (QED) is 0.200. The zero-order chi connectivity index (χ0) is 6.78. The van der Waals surface area contributed by atoms with Crippen LogP contribution in [-0.2, 0) is 10.1 Å². The molecule has 0 fully saturated rings. The Hall–Kier alpha value is 0.940. The fourth-order valence-electron chi connectivity index (χ4n) is 0.118. The van der Waals surface area contributed by atoms with Crippen LogP contribution in [-0.4, -0.2) is 17.7 Å². The van der Waals surface area contributed by atoms with Crippen LogP contribution in [0.4, 0.5) is 0 Å². The Morgan fingerprint density at radius 2 is 2.00 bits per heavy atom. The molecule has 3 nitrogen and oxygen atoms in total. The molecule has 0 radical (unpaired) electrons. The molecule has 0 aliphatic heterocycles. The van der Waals surface area contributed by atoms with Crippen molar-refractivity contribution in [2.24, 2.45) is 0 Å². The zero-order valence-electron chi connectivity index (χ0n) is 4.87. The molecule has 0 aromatic rings. The van der Waals surface area contributed by atoms with Crippen LogP contribution in [0.15, 0.2) is 12.7 Å². The molecule has 0 amide bonds. The van der Waals surface area contributed by atoms with Crippen molar-refractivity contribution in [2.45, 2.75) is 4.71 Å². The number of rotatable bonds is 2. The summed E-state index contributed by atoms with van der Waals surface area (Å²) in [5.74, 6) is 0. The summed E-state index contributed by atoms with van der Waals surface area (Å²) in [6.07, 6.45) is 0.865. The van der Waals surface area contributed by atoms with Gasteiger partial charge in [-0.2, -0.15) is 0 Å². The molecule has 9 heavy (non-hydrogen) atoms. The van der Waals surface area contributed by atoms with E-state index in [1.165, 1.54) is 0 Å². The Balaban J connectivity index is 0. The maximum atomic E-state index is 9.80. The molecule has 1 atom stereocenters. The number of alkyl halides is 1. The molecule has 0 aliphatic rings. The van der Waals surface area contributed by atoms with Crippen LogP contribution in [0.1, 0.15) is 0 Å². The van der Waals surface area contributed by atoms with E-state index in [9.17, 15) is 13.0 Å². The summed E-state index contributed by atoms with van der Waals surface area (Å²) >= 11 is 4.92. The van der Waals surface area contributed by atoms with Crippen LogP contribution < -0.4 is 29.6 Å². The predicted octanol–water partition coefficient (Wildman–Crippen LogP) is -2.71. The summed E-state index contributed by atoms with van der Waals surface area (Å²) < 4.78 is 27.9. The number of hydrogen-bond donors (Lipinski definition) is 0. The van der Waals surface area contributed by atoms with Gasteiger partial charge >= 0.3 is 29.6 Å². The van der Waals surface area contributed by atoms with E-state index in [4.69, 9.17) is 11.6 Å². The first-order valence-corrected chi connectivity index (χ1v) is 3.60. The minimum absolute atomic E-state index is 0. The van der Waals surface area contributed by atoms with Gasteiger partial charge in [-0.25, -0.2) is 8.42 Å². The van der Waals surface area contributed by atoms with Gasteiger partial charge < -0.3 is 4.55 Å². The van der Waals surface area contributed by atoms with E-state index in [1.807, 2.05) is 0 Å². The van der Waals surface area contributed by atoms with Gasteiger partial charge in [-0.05, 0) is 0 Å². The molecule has 0 heterocycles. The van der Waals surface area contributed by atoms with Crippen LogP contribution in [0.5, 0.6) is 0 Å². The first kappa shape index (κ1) is 12.6. The smallest absolute Gasteiger partial charge is 0.747 e. The summed E-state index contributed by atoms with van der Waals surface area (Å²) in [6, 6.07) is 0. The van der Waals surface area contributed by atoms with E-state index in [0.29, 0.717) is 0 Å². The van der Waals surface area contributed by atoms with Crippen LogP contribution in [0.25, 0.3) is 0 Å². The average Bonchev–Trinajstić information content (AvgIpc) is 1.62. The third-order valence-corrected chi connectivity index (χ3v) is 2.04. The van der Waals surface area contributed by atoms with Crippen LogP contribution in [0, 0.1) is 0 Å². The van der Waals surface area contributed by atoms with Gasteiger partial charge in [-0.3, -0.25) is 0 Å². The monoisotopic (exact) mass is 178 g/mol. The summed E-state index contributed by atoms with van der Waals surface area (Å²) in [4.78, 5) is 0. The molecule has 0 saturated carbocycles. The summed E-state index contributed by atoms with van der Waals surface area (Å²) in [5.41, 5.74) is 0. The van der Waals surface area contributed by atoms with Crippen molar-refractivity contribution < 1.29 is 42.5 Å². The van der Waals surface area contributed by atoms with Gasteiger partial charge in [0.15, 0.2) is 0 Å². The number of halogens is 1. The SMILES string of the molecule is C=CC(Cl)S(=O)(=O)[O-].[Na+]. The maximum absolute atomic E-state index is 9.80. The largest absolute Gasteiger partial charge is 1.00 e. The van der Waals surface area contributed by atoms with Crippen LogP contribution >= 0.6 is 11.6 Å². The molecule has 0 aromatic heterocycles. The molecule has 1 unspecified atom stereocenters. The molecule has 0 bridgehead atoms. The van der Waals surface area contributed by atoms with E-state index < -0.39 is 14.8 Å². The number of hydrogen-bond acceptors (Lipinski definition) is 3. The second-order valence-corrected chi connectivity index (χ2v) is 3.30. The summed E-state index contributed by atoms with van der Waals surface area (Å²) in [5, 5.41) is 0. The normalized spacial score (nSPS) is 13.6. The maximum Gasteiger partial charge on any atom is 1.00 e. The predicted molar refractivity (Wildman–Crippen MR) is 29.5 cm³/mol. The first-order valence-electron chi connectivity index (χ1n) is 1.70. The van der Waals surface area contributed by atoms with Gasteiger partial charge in [0.05, 0.1) is 0 Å². The van der Waals surface area contributed by atoms with Crippen LogP contribution in [0.2, 0.25) is 0 Å². The molecule has 0 N–H and O–H groups in total. The van der Waals surface area contributed by atoms with Crippen molar-refractivity contribution in [3.8, 4) is 0 Å². The third kappa shape index (κ3) is 5.39. The van der Waals surface area contributed by atoms with Crippen molar-refractivity contribution >= 4 is 21.7 Å². The third-order valence-electron chi connectivity index (χ3n) is 0.461. The fraction of sp³-hybridized carbons (Fsp3) is 0.333. The van der Waals surface area contributed by atoms with E-state index in [-0.39, 0.29) is 29.6 Å². The van der Waals surface area contributed by atoms with Crippen molar-refractivity contribution in [2.75, 3.05) is 0 Å². The standard InChI is InChI=1S/C3H5ClO3S.Na/c1-2-3(4)8(5,6)7;/h2-3H,1H2,(H,5,6,7);/q;+1/p-1. The van der Waals surface area contributed by atoms with Gasteiger partial charge in [0.1, 0.15) is 14.8 Å². The van der Waals surface area contributed by atoms with Crippen molar-refractivity contribution in [1.29, 1.82) is 0 Å². The second-order valence-electron chi connectivity index (χ2n) is 1.08. The minimum atomic E-state index is -4.36. The first-order chi connectivity index (χ1) is 3.48. The van der Waals surface area contributed by atoms with E-state index in [2.05, 4.69) is 6.58 Å². The Bertz CT molecular complexity index is 175. The second kappa shape index (κ2) is 4.71. The van der Waals surface area contributed by atoms with Crippen molar-refractivity contribution in [3.05, 3.63) is 12.7 Å². The molecule has 0 aliphatic carbocycles. The fourth-order valence-corrected chi connectivity index (χ4v) is 0.354. The van der Waals surface area contributed by atoms with Gasteiger partial charge in [0, 0.05) is 0 Å². The topological polar surface area (TPSA) is 57.2 Å². The van der Waals surface area contributed by atoms with Crippen molar-refractivity contribution in [1.82, 2.24) is 0 Å². The Labute approximate surface area is 81.1 Å². The molecule has 0 spiro atoms.